The Morgan fingerprint density at radius 3 is 3.05 bits per heavy atom. The summed E-state index contributed by atoms with van der Waals surface area (Å²) in [6, 6.07) is 3.50. The summed E-state index contributed by atoms with van der Waals surface area (Å²) in [6.45, 7) is 2.19. The van der Waals surface area contributed by atoms with Crippen molar-refractivity contribution in [3.63, 3.8) is 0 Å². The second-order valence-electron chi connectivity index (χ2n) is 4.72. The molecule has 1 atom stereocenters. The van der Waals surface area contributed by atoms with E-state index in [9.17, 15) is 4.79 Å². The maximum atomic E-state index is 12.6. The molecule has 7 heteroatoms. The molecule has 0 radical (unpaired) electrons. The van der Waals surface area contributed by atoms with Crippen LogP contribution in [-0.4, -0.2) is 40.0 Å². The summed E-state index contributed by atoms with van der Waals surface area (Å²) < 4.78 is 2.59. The summed E-state index contributed by atoms with van der Waals surface area (Å²) in [4.78, 5) is 19.6. The monoisotopic (exact) mass is 310 g/mol. The maximum absolute atomic E-state index is 12.6. The number of carbonyl (C=O) groups is 1. The maximum Gasteiger partial charge on any atom is 0.264 e. The van der Waals surface area contributed by atoms with Gasteiger partial charge in [0.1, 0.15) is 11.9 Å². The molecule has 5 nitrogen and oxygen atoms in total. The van der Waals surface area contributed by atoms with Crippen LogP contribution in [0.4, 0.5) is 0 Å². The molecule has 3 heterocycles. The number of thiophene rings is 1. The highest BCUT2D eigenvalue weighted by Crippen LogP contribution is 2.27. The van der Waals surface area contributed by atoms with Gasteiger partial charge in [0.25, 0.3) is 5.91 Å². The molecule has 2 aromatic rings. The van der Waals surface area contributed by atoms with Gasteiger partial charge in [0, 0.05) is 39.1 Å². The summed E-state index contributed by atoms with van der Waals surface area (Å²) in [5.41, 5.74) is 0. The number of rotatable bonds is 2. The number of piperazine rings is 1. The van der Waals surface area contributed by atoms with Gasteiger partial charge in [-0.25, -0.2) is 4.98 Å². The zero-order valence-electron chi connectivity index (χ0n) is 11.0. The molecule has 1 aliphatic heterocycles. The standard InChI is InChI=1S/C13H15ClN4OS/c1-17-6-5-16-12(17)9-8-15-4-7-18(9)13(19)10-2-3-11(14)20-10/h2-3,5-6,9,15H,4,7-8H2,1H3. The van der Waals surface area contributed by atoms with Crippen LogP contribution in [0.25, 0.3) is 0 Å². The second-order valence-corrected chi connectivity index (χ2v) is 6.43. The smallest absolute Gasteiger partial charge is 0.264 e. The van der Waals surface area contributed by atoms with Gasteiger partial charge in [-0.2, -0.15) is 0 Å². The molecule has 1 unspecified atom stereocenters. The molecular weight excluding hydrogens is 296 g/mol. The molecule has 1 fully saturated rings. The minimum atomic E-state index is -0.0443. The van der Waals surface area contributed by atoms with E-state index in [2.05, 4.69) is 10.3 Å². The van der Waals surface area contributed by atoms with Crippen molar-refractivity contribution in [3.05, 3.63) is 39.6 Å². The molecule has 1 N–H and O–H groups in total. The molecule has 0 spiro atoms. The van der Waals surface area contributed by atoms with Gasteiger partial charge >= 0.3 is 0 Å². The number of imidazole rings is 1. The molecular formula is C13H15ClN4OS. The molecule has 0 saturated carbocycles. The molecule has 2 aromatic heterocycles. The number of nitrogens with one attached hydrogen (secondary N) is 1. The van der Waals surface area contributed by atoms with Crippen molar-refractivity contribution in [3.8, 4) is 0 Å². The lowest BCUT2D eigenvalue weighted by Crippen LogP contribution is -2.49. The summed E-state index contributed by atoms with van der Waals surface area (Å²) >= 11 is 7.24. The first kappa shape index (κ1) is 13.6. The molecule has 3 rings (SSSR count). The van der Waals surface area contributed by atoms with Crippen molar-refractivity contribution in [2.45, 2.75) is 6.04 Å². The van der Waals surface area contributed by atoms with Crippen LogP contribution < -0.4 is 5.32 Å². The second kappa shape index (κ2) is 5.55. The fourth-order valence-electron chi connectivity index (χ4n) is 2.45. The Bertz CT molecular complexity index is 623. The minimum absolute atomic E-state index is 0.0244. The van der Waals surface area contributed by atoms with Crippen molar-refractivity contribution in [1.82, 2.24) is 19.8 Å². The highest BCUT2D eigenvalue weighted by atomic mass is 35.5. The van der Waals surface area contributed by atoms with Gasteiger partial charge in [-0.1, -0.05) is 11.6 Å². The number of hydrogen-bond acceptors (Lipinski definition) is 4. The topological polar surface area (TPSA) is 50.2 Å². The Morgan fingerprint density at radius 1 is 1.55 bits per heavy atom. The Labute approximate surface area is 126 Å². The van der Waals surface area contributed by atoms with E-state index in [0.29, 0.717) is 15.8 Å². The van der Waals surface area contributed by atoms with Crippen LogP contribution in [-0.2, 0) is 7.05 Å². The van der Waals surface area contributed by atoms with Gasteiger partial charge in [0.15, 0.2) is 0 Å². The van der Waals surface area contributed by atoms with E-state index in [4.69, 9.17) is 11.6 Å². The van der Waals surface area contributed by atoms with E-state index in [1.165, 1.54) is 11.3 Å². The molecule has 106 valence electrons. The molecule has 0 bridgehead atoms. The number of amides is 1. The first-order chi connectivity index (χ1) is 9.66. The fraction of sp³-hybridized carbons (Fsp3) is 0.385. The SMILES string of the molecule is Cn1ccnc1C1CNCCN1C(=O)c1ccc(Cl)s1. The van der Waals surface area contributed by atoms with Crippen LogP contribution >= 0.6 is 22.9 Å². The predicted molar refractivity (Wildman–Crippen MR) is 79.2 cm³/mol. The highest BCUT2D eigenvalue weighted by Gasteiger charge is 2.31. The van der Waals surface area contributed by atoms with Crippen LogP contribution in [0.3, 0.4) is 0 Å². The zero-order chi connectivity index (χ0) is 14.1. The van der Waals surface area contributed by atoms with Crippen molar-refractivity contribution in [2.75, 3.05) is 19.6 Å². The highest BCUT2D eigenvalue weighted by molar-refractivity contribution is 7.17. The molecule has 1 amide bonds. The Kier molecular flexibility index (Phi) is 3.78. The number of hydrogen-bond donors (Lipinski definition) is 1. The average molecular weight is 311 g/mol. The van der Waals surface area contributed by atoms with Crippen molar-refractivity contribution < 1.29 is 4.79 Å². The average Bonchev–Trinajstić information content (AvgIpc) is 3.07. The molecule has 1 aliphatic rings. The zero-order valence-corrected chi connectivity index (χ0v) is 12.6. The number of nitrogens with zero attached hydrogens (tertiary/aromatic N) is 3. The van der Waals surface area contributed by atoms with E-state index in [0.717, 1.165) is 18.9 Å². The summed E-state index contributed by atoms with van der Waals surface area (Å²) in [5.74, 6) is 0.921. The summed E-state index contributed by atoms with van der Waals surface area (Å²) in [5, 5.41) is 3.32. The van der Waals surface area contributed by atoms with Crippen molar-refractivity contribution in [1.29, 1.82) is 0 Å². The third kappa shape index (κ3) is 2.46. The Morgan fingerprint density at radius 2 is 2.40 bits per heavy atom. The van der Waals surface area contributed by atoms with Gasteiger partial charge in [-0.3, -0.25) is 4.79 Å². The third-order valence-electron chi connectivity index (χ3n) is 3.44. The minimum Gasteiger partial charge on any atom is -0.336 e. The first-order valence-electron chi connectivity index (χ1n) is 6.41. The van der Waals surface area contributed by atoms with Crippen LogP contribution in [0.5, 0.6) is 0 Å². The van der Waals surface area contributed by atoms with E-state index >= 15 is 0 Å². The lowest BCUT2D eigenvalue weighted by molar-refractivity contribution is 0.0626. The number of aryl methyl sites for hydroxylation is 1. The van der Waals surface area contributed by atoms with E-state index in [1.807, 2.05) is 22.7 Å². The molecule has 0 aliphatic carbocycles. The number of halogens is 1. The van der Waals surface area contributed by atoms with Crippen LogP contribution in [0, 0.1) is 0 Å². The van der Waals surface area contributed by atoms with Crippen molar-refractivity contribution >= 4 is 28.8 Å². The Balaban J connectivity index is 1.89. The Hall–Kier alpha value is -1.37. The fourth-order valence-corrected chi connectivity index (χ4v) is 3.45. The summed E-state index contributed by atoms with van der Waals surface area (Å²) in [7, 11) is 1.95. The first-order valence-corrected chi connectivity index (χ1v) is 7.60. The van der Waals surface area contributed by atoms with Crippen molar-refractivity contribution in [2.24, 2.45) is 7.05 Å². The lowest BCUT2D eigenvalue weighted by Gasteiger charge is -2.35. The quantitative estimate of drug-likeness (QED) is 0.922. The van der Waals surface area contributed by atoms with E-state index in [1.54, 1.807) is 18.3 Å². The molecule has 0 aromatic carbocycles. The number of aromatic nitrogens is 2. The molecule has 20 heavy (non-hydrogen) atoms. The normalized spacial score (nSPS) is 19.3. The predicted octanol–water partition coefficient (Wildman–Crippen LogP) is 1.92. The van der Waals surface area contributed by atoms with Gasteiger partial charge in [0.05, 0.1) is 9.21 Å². The van der Waals surface area contributed by atoms with Gasteiger partial charge < -0.3 is 14.8 Å². The third-order valence-corrected chi connectivity index (χ3v) is 4.66. The summed E-state index contributed by atoms with van der Waals surface area (Å²) in [6.07, 6.45) is 3.66. The van der Waals surface area contributed by atoms with Gasteiger partial charge in [-0.05, 0) is 12.1 Å². The van der Waals surface area contributed by atoms with E-state index < -0.39 is 0 Å². The molecule has 1 saturated heterocycles. The van der Waals surface area contributed by atoms with Crippen LogP contribution in [0.2, 0.25) is 4.34 Å². The van der Waals surface area contributed by atoms with Gasteiger partial charge in [-0.15, -0.1) is 11.3 Å². The van der Waals surface area contributed by atoms with Gasteiger partial charge in [0.2, 0.25) is 0 Å². The number of carbonyl (C=O) groups excluding carboxylic acids is 1. The van der Waals surface area contributed by atoms with Crippen LogP contribution in [0.15, 0.2) is 24.5 Å². The van der Waals surface area contributed by atoms with Crippen LogP contribution in [0.1, 0.15) is 21.5 Å². The van der Waals surface area contributed by atoms with E-state index in [-0.39, 0.29) is 11.9 Å². The lowest BCUT2D eigenvalue weighted by atomic mass is 10.1. The largest absolute Gasteiger partial charge is 0.336 e.